The SMILES string of the molecule is CC1(C)O[C@H]2O[C@H](CO[Si](C)(C)C(C)(C)C)[C@@](C#N)(OS(C)(=O)=O)[C@H]2O1. The van der Waals surface area contributed by atoms with E-state index >= 15 is 0 Å². The third-order valence-corrected chi connectivity index (χ3v) is 10.2. The van der Waals surface area contributed by atoms with E-state index in [0.29, 0.717) is 0 Å². The van der Waals surface area contributed by atoms with Crippen molar-refractivity contribution in [2.75, 3.05) is 12.9 Å². The Hall–Kier alpha value is -0.543. The molecule has 0 N–H and O–H groups in total. The van der Waals surface area contributed by atoms with E-state index in [-0.39, 0.29) is 11.6 Å². The highest BCUT2D eigenvalue weighted by Gasteiger charge is 2.67. The number of nitrogens with zero attached hydrogens (tertiary/aromatic N) is 1. The van der Waals surface area contributed by atoms with Gasteiger partial charge in [-0.25, -0.2) is 4.18 Å². The van der Waals surface area contributed by atoms with Crippen LogP contribution in [0.3, 0.4) is 0 Å². The number of nitriles is 1. The summed E-state index contributed by atoms with van der Waals surface area (Å²) in [5.41, 5.74) is -1.87. The van der Waals surface area contributed by atoms with Crippen LogP contribution in [0.4, 0.5) is 0 Å². The van der Waals surface area contributed by atoms with Crippen molar-refractivity contribution < 1.29 is 31.2 Å². The number of rotatable bonds is 5. The summed E-state index contributed by atoms with van der Waals surface area (Å²) in [6, 6.07) is 1.97. The van der Waals surface area contributed by atoms with Crippen LogP contribution in [-0.4, -0.2) is 59.5 Å². The van der Waals surface area contributed by atoms with Gasteiger partial charge in [0.25, 0.3) is 10.1 Å². The minimum atomic E-state index is -3.95. The van der Waals surface area contributed by atoms with Gasteiger partial charge in [0.2, 0.25) is 5.60 Å². The predicted molar refractivity (Wildman–Crippen MR) is 96.1 cm³/mol. The Labute approximate surface area is 157 Å². The standard InChI is InChI=1S/C16H29NO7SSi/c1-14(2,3)26(7,8)20-9-11-16(10-17,24-25(6,18)19)12-13(21-11)23-15(4,5)22-12/h11-13H,9H2,1-8H3/t11-,12+,13-,16-/m1/s1. The van der Waals surface area contributed by atoms with E-state index in [1.807, 2.05) is 6.07 Å². The first-order chi connectivity index (χ1) is 11.5. The van der Waals surface area contributed by atoms with Crippen LogP contribution in [0.25, 0.3) is 0 Å². The average Bonchev–Trinajstić information content (AvgIpc) is 2.85. The first-order valence-corrected chi connectivity index (χ1v) is 13.2. The summed E-state index contributed by atoms with van der Waals surface area (Å²) < 4.78 is 52.3. The molecule has 0 aromatic carbocycles. The molecular formula is C16H29NO7SSi. The Kier molecular flexibility index (Phi) is 5.45. The van der Waals surface area contributed by atoms with Crippen molar-refractivity contribution in [1.82, 2.24) is 0 Å². The van der Waals surface area contributed by atoms with Crippen molar-refractivity contribution in [3.05, 3.63) is 0 Å². The third-order valence-electron chi connectivity index (χ3n) is 5.12. The average molecular weight is 408 g/mol. The quantitative estimate of drug-likeness (QED) is 0.504. The summed E-state index contributed by atoms with van der Waals surface area (Å²) in [5, 5.41) is 9.81. The van der Waals surface area contributed by atoms with Gasteiger partial charge in [0, 0.05) is 0 Å². The summed E-state index contributed by atoms with van der Waals surface area (Å²) in [4.78, 5) is 0. The molecule has 0 radical (unpaired) electrons. The Morgan fingerprint density at radius 2 is 1.81 bits per heavy atom. The highest BCUT2D eigenvalue weighted by atomic mass is 32.2. The monoisotopic (exact) mass is 407 g/mol. The molecule has 0 unspecified atom stereocenters. The topological polar surface area (TPSA) is 104 Å². The molecule has 2 heterocycles. The third kappa shape index (κ3) is 4.14. The summed E-state index contributed by atoms with van der Waals surface area (Å²) in [7, 11) is -6.10. The molecule has 0 spiro atoms. The molecule has 4 atom stereocenters. The predicted octanol–water partition coefficient (Wildman–Crippen LogP) is 2.12. The van der Waals surface area contributed by atoms with Crippen LogP contribution in [-0.2, 0) is 32.9 Å². The molecule has 8 nitrogen and oxygen atoms in total. The molecule has 0 aromatic rings. The minimum absolute atomic E-state index is 0.0136. The van der Waals surface area contributed by atoms with Crippen LogP contribution in [0.2, 0.25) is 18.1 Å². The molecule has 0 saturated carbocycles. The second kappa shape index (κ2) is 6.51. The van der Waals surface area contributed by atoms with Gasteiger partial charge in [0.05, 0.1) is 12.9 Å². The molecule has 0 aromatic heterocycles. The minimum Gasteiger partial charge on any atom is -0.414 e. The highest BCUT2D eigenvalue weighted by molar-refractivity contribution is 7.86. The van der Waals surface area contributed by atoms with E-state index in [2.05, 4.69) is 33.9 Å². The first-order valence-electron chi connectivity index (χ1n) is 8.50. The van der Waals surface area contributed by atoms with E-state index in [0.717, 1.165) is 6.26 Å². The summed E-state index contributed by atoms with van der Waals surface area (Å²) in [6.07, 6.45) is -1.96. The van der Waals surface area contributed by atoms with Crippen LogP contribution < -0.4 is 0 Å². The van der Waals surface area contributed by atoms with Gasteiger partial charge in [-0.05, 0) is 32.0 Å². The number of hydrogen-bond donors (Lipinski definition) is 0. The Morgan fingerprint density at radius 3 is 2.27 bits per heavy atom. The number of fused-ring (bicyclic) bond motifs is 1. The van der Waals surface area contributed by atoms with E-state index in [1.54, 1.807) is 13.8 Å². The van der Waals surface area contributed by atoms with Crippen molar-refractivity contribution in [2.24, 2.45) is 0 Å². The molecular weight excluding hydrogens is 378 g/mol. The van der Waals surface area contributed by atoms with Gasteiger partial charge in [0.1, 0.15) is 12.2 Å². The van der Waals surface area contributed by atoms with Gasteiger partial charge in [-0.1, -0.05) is 20.8 Å². The summed E-state index contributed by atoms with van der Waals surface area (Å²) >= 11 is 0. The molecule has 2 aliphatic heterocycles. The molecule has 0 aliphatic carbocycles. The van der Waals surface area contributed by atoms with Gasteiger partial charge in [-0.2, -0.15) is 13.7 Å². The van der Waals surface area contributed by atoms with Crippen molar-refractivity contribution in [3.63, 3.8) is 0 Å². The van der Waals surface area contributed by atoms with Gasteiger partial charge in [-0.3, -0.25) is 0 Å². The van der Waals surface area contributed by atoms with Crippen LogP contribution in [0, 0.1) is 11.3 Å². The van der Waals surface area contributed by atoms with Gasteiger partial charge >= 0.3 is 0 Å². The summed E-state index contributed by atoms with van der Waals surface area (Å²) in [5.74, 6) is -1.01. The van der Waals surface area contributed by atoms with Crippen molar-refractivity contribution >= 4 is 18.4 Å². The second-order valence-electron chi connectivity index (χ2n) is 8.81. The van der Waals surface area contributed by atoms with Crippen molar-refractivity contribution in [3.8, 4) is 6.07 Å². The van der Waals surface area contributed by atoms with Crippen molar-refractivity contribution in [1.29, 1.82) is 5.26 Å². The van der Waals surface area contributed by atoms with Crippen LogP contribution in [0.1, 0.15) is 34.6 Å². The molecule has 0 amide bonds. The zero-order valence-corrected chi connectivity index (χ0v) is 18.5. The maximum absolute atomic E-state index is 11.8. The molecule has 150 valence electrons. The molecule has 2 rings (SSSR count). The fraction of sp³-hybridized carbons (Fsp3) is 0.938. The highest BCUT2D eigenvalue weighted by Crippen LogP contribution is 2.46. The van der Waals surface area contributed by atoms with E-state index in [1.165, 1.54) is 0 Å². The van der Waals surface area contributed by atoms with E-state index in [4.69, 9.17) is 22.8 Å². The molecule has 2 fully saturated rings. The lowest BCUT2D eigenvalue weighted by Gasteiger charge is -2.38. The molecule has 2 saturated heterocycles. The van der Waals surface area contributed by atoms with Gasteiger partial charge in [0.15, 0.2) is 26.5 Å². The van der Waals surface area contributed by atoms with Gasteiger partial charge in [-0.15, -0.1) is 0 Å². The van der Waals surface area contributed by atoms with E-state index < -0.39 is 48.3 Å². The van der Waals surface area contributed by atoms with Crippen LogP contribution in [0.5, 0.6) is 0 Å². The van der Waals surface area contributed by atoms with Crippen LogP contribution in [0.15, 0.2) is 0 Å². The Morgan fingerprint density at radius 1 is 1.23 bits per heavy atom. The second-order valence-corrected chi connectivity index (χ2v) is 15.2. The van der Waals surface area contributed by atoms with E-state index in [9.17, 15) is 13.7 Å². The summed E-state index contributed by atoms with van der Waals surface area (Å²) in [6.45, 7) is 13.7. The normalized spacial score (nSPS) is 34.5. The zero-order valence-electron chi connectivity index (χ0n) is 16.7. The lowest BCUT2D eigenvalue weighted by Crippen LogP contribution is -2.54. The number of hydrogen-bond acceptors (Lipinski definition) is 8. The fourth-order valence-corrected chi connectivity index (χ4v) is 4.48. The van der Waals surface area contributed by atoms with Crippen LogP contribution >= 0.6 is 0 Å². The largest absolute Gasteiger partial charge is 0.414 e. The van der Waals surface area contributed by atoms with Gasteiger partial charge < -0.3 is 18.6 Å². The lowest BCUT2D eigenvalue weighted by atomic mass is 9.95. The molecule has 0 bridgehead atoms. The zero-order chi connectivity index (χ0) is 20.2. The number of ether oxygens (including phenoxy) is 3. The Balaban J connectivity index is 2.32. The molecule has 26 heavy (non-hydrogen) atoms. The molecule has 2 aliphatic rings. The lowest BCUT2D eigenvalue weighted by molar-refractivity contribution is -0.222. The first kappa shape index (κ1) is 21.8. The molecule has 10 heteroatoms. The Bertz CT molecular complexity index is 694. The smallest absolute Gasteiger partial charge is 0.266 e. The van der Waals surface area contributed by atoms with Crippen molar-refractivity contribution in [2.45, 2.75) is 82.6 Å². The maximum atomic E-state index is 11.8. The fourth-order valence-electron chi connectivity index (χ4n) is 2.74. The maximum Gasteiger partial charge on any atom is 0.266 e.